The van der Waals surface area contributed by atoms with E-state index in [1.807, 2.05) is 55.6 Å². The number of nitrogens with zero attached hydrogens (tertiary/aromatic N) is 3. The zero-order valence-electron chi connectivity index (χ0n) is 18.4. The Kier molecular flexibility index (Phi) is 6.93. The zero-order valence-corrected chi connectivity index (χ0v) is 19.2. The molecule has 0 saturated heterocycles. The fraction of sp³-hybridized carbons (Fsp3) is 0.292. The summed E-state index contributed by atoms with van der Waals surface area (Å²) in [5.74, 6) is 0.733. The van der Waals surface area contributed by atoms with Crippen molar-refractivity contribution < 1.29 is 9.53 Å². The van der Waals surface area contributed by atoms with Crippen molar-refractivity contribution in [3.8, 4) is 17.5 Å². The number of rotatable bonds is 7. The van der Waals surface area contributed by atoms with E-state index in [1.165, 1.54) is 0 Å². The largest absolute Gasteiger partial charge is 0.497 e. The number of carbonyl (C=O) groups excluding carboxylic acids is 1. The molecule has 7 heteroatoms. The minimum atomic E-state index is -0.407. The highest BCUT2D eigenvalue weighted by molar-refractivity contribution is 7.09. The molecular weight excluding hydrogens is 408 g/mol. The maximum Gasteiger partial charge on any atom is 0.262 e. The minimum absolute atomic E-state index is 0.0642. The van der Waals surface area contributed by atoms with Crippen molar-refractivity contribution in [3.63, 3.8) is 0 Å². The molecule has 2 heterocycles. The number of hydrogen-bond donors (Lipinski definition) is 1. The molecule has 0 spiro atoms. The molecule has 0 aliphatic heterocycles. The van der Waals surface area contributed by atoms with E-state index >= 15 is 0 Å². The summed E-state index contributed by atoms with van der Waals surface area (Å²) < 4.78 is 7.31. The Hall–Kier alpha value is -3.37. The van der Waals surface area contributed by atoms with Crippen LogP contribution in [0, 0.1) is 25.2 Å². The van der Waals surface area contributed by atoms with Crippen LogP contribution >= 0.6 is 11.3 Å². The molecule has 0 saturated carbocycles. The maximum absolute atomic E-state index is 12.6. The number of aromatic nitrogens is 2. The number of thiazole rings is 1. The molecule has 0 unspecified atom stereocenters. The summed E-state index contributed by atoms with van der Waals surface area (Å²) in [4.78, 5) is 17.1. The molecule has 2 aromatic heterocycles. The highest BCUT2D eigenvalue weighted by Crippen LogP contribution is 2.24. The average Bonchev–Trinajstić information content (AvgIpc) is 3.35. The van der Waals surface area contributed by atoms with Gasteiger partial charge < -0.3 is 14.6 Å². The van der Waals surface area contributed by atoms with E-state index < -0.39 is 5.91 Å². The van der Waals surface area contributed by atoms with Crippen molar-refractivity contribution in [2.24, 2.45) is 0 Å². The van der Waals surface area contributed by atoms with Gasteiger partial charge in [0, 0.05) is 28.4 Å². The lowest BCUT2D eigenvalue weighted by Gasteiger charge is -2.10. The summed E-state index contributed by atoms with van der Waals surface area (Å²) in [6.45, 7) is 8.43. The van der Waals surface area contributed by atoms with Gasteiger partial charge in [0.2, 0.25) is 0 Å². The zero-order chi connectivity index (χ0) is 22.5. The molecule has 6 nitrogen and oxygen atoms in total. The van der Waals surface area contributed by atoms with Gasteiger partial charge >= 0.3 is 0 Å². The molecule has 1 amide bonds. The first-order valence-electron chi connectivity index (χ1n) is 10.0. The fourth-order valence-electron chi connectivity index (χ4n) is 3.30. The average molecular weight is 435 g/mol. The van der Waals surface area contributed by atoms with Crippen molar-refractivity contribution in [3.05, 3.63) is 68.9 Å². The number of aryl methyl sites for hydroxylation is 1. The molecular formula is C24H26N4O2S. The molecule has 1 N–H and O–H groups in total. The van der Waals surface area contributed by atoms with Crippen LogP contribution in [0.4, 0.5) is 0 Å². The Labute approximate surface area is 186 Å². The number of benzene rings is 1. The van der Waals surface area contributed by atoms with Gasteiger partial charge in [-0.05, 0) is 55.8 Å². The Morgan fingerprint density at radius 3 is 2.61 bits per heavy atom. The van der Waals surface area contributed by atoms with E-state index in [-0.39, 0.29) is 5.57 Å². The van der Waals surface area contributed by atoms with E-state index in [2.05, 4.69) is 28.7 Å². The summed E-state index contributed by atoms with van der Waals surface area (Å²) in [5.41, 5.74) is 4.64. The summed E-state index contributed by atoms with van der Waals surface area (Å²) in [7, 11) is 1.64. The predicted molar refractivity (Wildman–Crippen MR) is 123 cm³/mol. The van der Waals surface area contributed by atoms with Crippen LogP contribution < -0.4 is 10.1 Å². The van der Waals surface area contributed by atoms with Crippen molar-refractivity contribution in [1.29, 1.82) is 5.26 Å². The molecule has 0 aliphatic carbocycles. The number of nitriles is 1. The van der Waals surface area contributed by atoms with Crippen LogP contribution in [0.2, 0.25) is 0 Å². The SMILES string of the molecule is COc1ccc(-n2c(C)cc(/C=C(\C#N)C(=O)NCc3csc(C(C)C)n3)c2C)cc1. The van der Waals surface area contributed by atoms with Crippen molar-refractivity contribution in [2.75, 3.05) is 7.11 Å². The lowest BCUT2D eigenvalue weighted by Crippen LogP contribution is -2.24. The Bertz CT molecular complexity index is 1150. The van der Waals surface area contributed by atoms with Gasteiger partial charge in [0.1, 0.15) is 17.4 Å². The number of amides is 1. The van der Waals surface area contributed by atoms with Crippen LogP contribution in [0.15, 0.2) is 41.3 Å². The lowest BCUT2D eigenvalue weighted by molar-refractivity contribution is -0.117. The molecule has 31 heavy (non-hydrogen) atoms. The highest BCUT2D eigenvalue weighted by atomic mass is 32.1. The molecule has 0 aliphatic rings. The Morgan fingerprint density at radius 2 is 2.03 bits per heavy atom. The second kappa shape index (κ2) is 9.63. The third kappa shape index (κ3) is 5.04. The first kappa shape index (κ1) is 22.3. The summed E-state index contributed by atoms with van der Waals surface area (Å²) >= 11 is 1.58. The summed E-state index contributed by atoms with van der Waals surface area (Å²) in [5, 5.41) is 15.3. The molecule has 160 valence electrons. The van der Waals surface area contributed by atoms with Crippen molar-refractivity contribution in [1.82, 2.24) is 14.9 Å². The van der Waals surface area contributed by atoms with Crippen LogP contribution in [0.25, 0.3) is 11.8 Å². The van der Waals surface area contributed by atoms with Crippen LogP contribution in [0.3, 0.4) is 0 Å². The lowest BCUT2D eigenvalue weighted by atomic mass is 10.1. The van der Waals surface area contributed by atoms with Gasteiger partial charge in [-0.1, -0.05) is 13.8 Å². The van der Waals surface area contributed by atoms with E-state index in [0.29, 0.717) is 12.5 Å². The number of hydrogen-bond acceptors (Lipinski definition) is 5. The van der Waals surface area contributed by atoms with Gasteiger partial charge in [-0.2, -0.15) is 5.26 Å². The Balaban J connectivity index is 1.79. The first-order chi connectivity index (χ1) is 14.8. The van der Waals surface area contributed by atoms with Crippen molar-refractivity contribution in [2.45, 2.75) is 40.2 Å². The van der Waals surface area contributed by atoms with Crippen LogP contribution in [0.5, 0.6) is 5.75 Å². The van der Waals surface area contributed by atoms with Crippen molar-refractivity contribution >= 4 is 23.3 Å². The fourth-order valence-corrected chi connectivity index (χ4v) is 4.14. The van der Waals surface area contributed by atoms with Gasteiger partial charge in [-0.15, -0.1) is 11.3 Å². The monoisotopic (exact) mass is 434 g/mol. The topological polar surface area (TPSA) is 79.9 Å². The molecule has 0 bridgehead atoms. The van der Waals surface area contributed by atoms with Gasteiger partial charge in [0.15, 0.2) is 0 Å². The molecule has 3 aromatic rings. The molecule has 0 atom stereocenters. The van der Waals surface area contributed by atoms with Gasteiger partial charge in [0.05, 0.1) is 24.4 Å². The van der Waals surface area contributed by atoms with Crippen LogP contribution in [-0.4, -0.2) is 22.6 Å². The maximum atomic E-state index is 12.6. The first-order valence-corrected chi connectivity index (χ1v) is 10.9. The van der Waals surface area contributed by atoms with Crippen LogP contribution in [0.1, 0.15) is 47.4 Å². The Morgan fingerprint density at radius 1 is 1.32 bits per heavy atom. The normalized spacial score (nSPS) is 11.5. The number of nitrogens with one attached hydrogen (secondary N) is 1. The third-order valence-corrected chi connectivity index (χ3v) is 6.15. The number of carbonyl (C=O) groups is 1. The standard InChI is InChI=1S/C24H26N4O2S/c1-15(2)24-27-20(14-31-24)13-26-23(29)19(12-25)11-18-10-16(3)28(17(18)4)21-6-8-22(30-5)9-7-21/h6-11,14-15H,13H2,1-5H3,(H,26,29)/b19-11+. The highest BCUT2D eigenvalue weighted by Gasteiger charge is 2.14. The third-order valence-electron chi connectivity index (χ3n) is 4.96. The summed E-state index contributed by atoms with van der Waals surface area (Å²) in [6, 6.07) is 11.8. The summed E-state index contributed by atoms with van der Waals surface area (Å²) in [6.07, 6.45) is 1.64. The number of ether oxygens (including phenoxy) is 1. The van der Waals surface area contributed by atoms with Gasteiger partial charge in [0.25, 0.3) is 5.91 Å². The van der Waals surface area contributed by atoms with E-state index in [9.17, 15) is 10.1 Å². The second-order valence-corrected chi connectivity index (χ2v) is 8.43. The van der Waals surface area contributed by atoms with Gasteiger partial charge in [-0.3, -0.25) is 4.79 Å². The molecule has 1 aromatic carbocycles. The number of methoxy groups -OCH3 is 1. The van der Waals surface area contributed by atoms with E-state index in [0.717, 1.165) is 39.1 Å². The second-order valence-electron chi connectivity index (χ2n) is 7.54. The molecule has 3 rings (SSSR count). The van der Waals surface area contributed by atoms with Gasteiger partial charge in [-0.25, -0.2) is 4.98 Å². The predicted octanol–water partition coefficient (Wildman–Crippen LogP) is 4.91. The minimum Gasteiger partial charge on any atom is -0.497 e. The van der Waals surface area contributed by atoms with Crippen LogP contribution in [-0.2, 0) is 11.3 Å². The van der Waals surface area contributed by atoms with E-state index in [1.54, 1.807) is 24.5 Å². The molecule has 0 fully saturated rings. The quantitative estimate of drug-likeness (QED) is 0.423. The van der Waals surface area contributed by atoms with E-state index in [4.69, 9.17) is 4.74 Å². The molecule has 0 radical (unpaired) electrons. The smallest absolute Gasteiger partial charge is 0.262 e.